The maximum Gasteiger partial charge on any atom is 0.310 e. The fraction of sp³-hybridized carbons (Fsp3) is 0.312. The van der Waals surface area contributed by atoms with Gasteiger partial charge in [-0.2, -0.15) is 5.10 Å². The van der Waals surface area contributed by atoms with Crippen LogP contribution in [0.25, 0.3) is 11.3 Å². The molecular weight excluding hydrogens is 301 g/mol. The minimum atomic E-state index is -0.435. The molecule has 0 aliphatic heterocycles. The summed E-state index contributed by atoms with van der Waals surface area (Å²) in [6.45, 7) is 1.91. The molecule has 0 radical (unpaired) electrons. The maximum atomic E-state index is 13.0. The van der Waals surface area contributed by atoms with Gasteiger partial charge in [0, 0.05) is 19.2 Å². The van der Waals surface area contributed by atoms with Crippen molar-refractivity contribution in [1.29, 1.82) is 0 Å². The Morgan fingerprint density at radius 1 is 1.35 bits per heavy atom. The van der Waals surface area contributed by atoms with Crippen LogP contribution < -0.4 is 0 Å². The first-order valence-electron chi connectivity index (χ1n) is 7.06. The average Bonchev–Trinajstić information content (AvgIpc) is 3.03. The predicted octanol–water partition coefficient (Wildman–Crippen LogP) is 2.10. The third-order valence-corrected chi connectivity index (χ3v) is 3.50. The zero-order chi connectivity index (χ0) is 17.0. The lowest BCUT2D eigenvalue weighted by Gasteiger charge is -2.20. The van der Waals surface area contributed by atoms with E-state index in [1.165, 1.54) is 30.3 Å². The van der Waals surface area contributed by atoms with Gasteiger partial charge in [0.2, 0.25) is 0 Å². The molecule has 6 nitrogen and oxygen atoms in total. The molecule has 2 rings (SSSR count). The van der Waals surface area contributed by atoms with Crippen molar-refractivity contribution in [3.63, 3.8) is 0 Å². The standard InChI is InChI=1S/C16H18FN3O3/c1-10(16(22)23-3)9-20(2)15(21)13-8-18-19-14(13)11-4-6-12(17)7-5-11/h4-8,10H,9H2,1-3H3,(H,18,19)/t10-/m1/s1. The summed E-state index contributed by atoms with van der Waals surface area (Å²) in [5, 5.41) is 6.65. The van der Waals surface area contributed by atoms with E-state index in [0.29, 0.717) is 16.8 Å². The maximum absolute atomic E-state index is 13.0. The van der Waals surface area contributed by atoms with Crippen LogP contribution in [0.1, 0.15) is 17.3 Å². The van der Waals surface area contributed by atoms with Crippen LogP contribution in [0.4, 0.5) is 4.39 Å². The molecule has 0 spiro atoms. The first kappa shape index (κ1) is 16.7. The molecule has 1 amide bonds. The average molecular weight is 319 g/mol. The largest absolute Gasteiger partial charge is 0.469 e. The van der Waals surface area contributed by atoms with Crippen LogP contribution in [-0.4, -0.2) is 47.7 Å². The Morgan fingerprint density at radius 3 is 2.61 bits per heavy atom. The zero-order valence-corrected chi connectivity index (χ0v) is 13.2. The highest BCUT2D eigenvalue weighted by molar-refractivity contribution is 5.99. The Kier molecular flexibility index (Phi) is 5.10. The first-order valence-corrected chi connectivity index (χ1v) is 7.06. The summed E-state index contributed by atoms with van der Waals surface area (Å²) in [6, 6.07) is 5.76. The molecule has 1 atom stereocenters. The second-order valence-corrected chi connectivity index (χ2v) is 5.28. The molecule has 1 N–H and O–H groups in total. The molecule has 0 saturated heterocycles. The number of benzene rings is 1. The van der Waals surface area contributed by atoms with Crippen molar-refractivity contribution in [1.82, 2.24) is 15.1 Å². The fourth-order valence-corrected chi connectivity index (χ4v) is 2.26. The molecule has 2 aromatic rings. The van der Waals surface area contributed by atoms with E-state index in [2.05, 4.69) is 14.9 Å². The lowest BCUT2D eigenvalue weighted by atomic mass is 10.1. The number of esters is 1. The van der Waals surface area contributed by atoms with E-state index in [1.807, 2.05) is 0 Å². The van der Waals surface area contributed by atoms with E-state index in [-0.39, 0.29) is 24.2 Å². The predicted molar refractivity (Wildman–Crippen MR) is 82.1 cm³/mol. The molecule has 0 unspecified atom stereocenters. The van der Waals surface area contributed by atoms with Crippen LogP contribution in [0.5, 0.6) is 0 Å². The van der Waals surface area contributed by atoms with E-state index >= 15 is 0 Å². The number of amides is 1. The third kappa shape index (κ3) is 3.74. The molecule has 0 bridgehead atoms. The number of aromatic amines is 1. The number of hydrogen-bond acceptors (Lipinski definition) is 4. The Bertz CT molecular complexity index is 697. The highest BCUT2D eigenvalue weighted by atomic mass is 19.1. The number of nitrogens with one attached hydrogen (secondary N) is 1. The van der Waals surface area contributed by atoms with Gasteiger partial charge in [0.25, 0.3) is 5.91 Å². The topological polar surface area (TPSA) is 75.3 Å². The van der Waals surface area contributed by atoms with Crippen LogP contribution in [0.2, 0.25) is 0 Å². The highest BCUT2D eigenvalue weighted by Gasteiger charge is 2.23. The Hall–Kier alpha value is -2.70. The molecule has 0 aliphatic rings. The molecule has 7 heteroatoms. The minimum absolute atomic E-state index is 0.222. The second kappa shape index (κ2) is 7.04. The number of ether oxygens (including phenoxy) is 1. The quantitative estimate of drug-likeness (QED) is 0.856. The summed E-state index contributed by atoms with van der Waals surface area (Å²) >= 11 is 0. The summed E-state index contributed by atoms with van der Waals surface area (Å²) in [5.74, 6) is -1.45. The van der Waals surface area contributed by atoms with Crippen LogP contribution in [0.3, 0.4) is 0 Å². The van der Waals surface area contributed by atoms with Gasteiger partial charge < -0.3 is 9.64 Å². The van der Waals surface area contributed by atoms with Gasteiger partial charge in [-0.05, 0) is 24.3 Å². The van der Waals surface area contributed by atoms with Crippen LogP contribution >= 0.6 is 0 Å². The molecule has 1 aromatic carbocycles. The van der Waals surface area contributed by atoms with Gasteiger partial charge >= 0.3 is 5.97 Å². The fourth-order valence-electron chi connectivity index (χ4n) is 2.26. The van der Waals surface area contributed by atoms with Gasteiger partial charge in [0.15, 0.2) is 0 Å². The van der Waals surface area contributed by atoms with Crippen LogP contribution in [0, 0.1) is 11.7 Å². The van der Waals surface area contributed by atoms with E-state index in [1.54, 1.807) is 26.1 Å². The molecule has 1 aromatic heterocycles. The molecule has 122 valence electrons. The SMILES string of the molecule is COC(=O)[C@H](C)CN(C)C(=O)c1cn[nH]c1-c1ccc(F)cc1. The third-order valence-electron chi connectivity index (χ3n) is 3.50. The number of nitrogens with zero attached hydrogens (tertiary/aromatic N) is 2. The van der Waals surface area contributed by atoms with E-state index in [4.69, 9.17) is 0 Å². The Labute approximate surface area is 133 Å². The molecule has 0 aliphatic carbocycles. The smallest absolute Gasteiger partial charge is 0.310 e. The number of carbonyl (C=O) groups excluding carboxylic acids is 2. The van der Waals surface area contributed by atoms with Crippen molar-refractivity contribution in [3.8, 4) is 11.3 Å². The van der Waals surface area contributed by atoms with Crippen molar-refractivity contribution in [3.05, 3.63) is 41.8 Å². The number of halogens is 1. The summed E-state index contributed by atoms with van der Waals surface area (Å²) in [5.41, 5.74) is 1.52. The van der Waals surface area contributed by atoms with Crippen molar-refractivity contribution in [2.45, 2.75) is 6.92 Å². The van der Waals surface area contributed by atoms with Gasteiger partial charge in [-0.1, -0.05) is 6.92 Å². The van der Waals surface area contributed by atoms with E-state index in [9.17, 15) is 14.0 Å². The van der Waals surface area contributed by atoms with Gasteiger partial charge in [0.05, 0.1) is 30.5 Å². The van der Waals surface area contributed by atoms with Crippen molar-refractivity contribution in [2.24, 2.45) is 5.92 Å². The zero-order valence-electron chi connectivity index (χ0n) is 13.2. The van der Waals surface area contributed by atoms with Gasteiger partial charge in [-0.25, -0.2) is 4.39 Å². The highest BCUT2D eigenvalue weighted by Crippen LogP contribution is 2.22. The summed E-state index contributed by atoms with van der Waals surface area (Å²) in [6.07, 6.45) is 1.42. The van der Waals surface area contributed by atoms with E-state index < -0.39 is 5.92 Å². The lowest BCUT2D eigenvalue weighted by molar-refractivity contribution is -0.145. The number of hydrogen-bond donors (Lipinski definition) is 1. The Balaban J connectivity index is 2.19. The molecule has 0 saturated carbocycles. The van der Waals surface area contributed by atoms with Gasteiger partial charge in [0.1, 0.15) is 5.82 Å². The number of methoxy groups -OCH3 is 1. The Morgan fingerprint density at radius 2 is 2.00 bits per heavy atom. The molecule has 23 heavy (non-hydrogen) atoms. The monoisotopic (exact) mass is 319 g/mol. The number of rotatable bonds is 5. The summed E-state index contributed by atoms with van der Waals surface area (Å²) in [7, 11) is 2.91. The second-order valence-electron chi connectivity index (χ2n) is 5.28. The summed E-state index contributed by atoms with van der Waals surface area (Å²) < 4.78 is 17.7. The van der Waals surface area contributed by atoms with E-state index in [0.717, 1.165) is 0 Å². The summed E-state index contributed by atoms with van der Waals surface area (Å²) in [4.78, 5) is 25.4. The lowest BCUT2D eigenvalue weighted by Crippen LogP contribution is -2.34. The normalized spacial score (nSPS) is 11.8. The molecule has 0 fully saturated rings. The number of aromatic nitrogens is 2. The van der Waals surface area contributed by atoms with Crippen LogP contribution in [0.15, 0.2) is 30.5 Å². The van der Waals surface area contributed by atoms with Crippen LogP contribution in [-0.2, 0) is 9.53 Å². The van der Waals surface area contributed by atoms with Gasteiger partial charge in [-0.3, -0.25) is 14.7 Å². The molecule has 1 heterocycles. The van der Waals surface area contributed by atoms with Crippen molar-refractivity contribution < 1.29 is 18.7 Å². The number of carbonyl (C=O) groups is 2. The number of H-pyrrole nitrogens is 1. The first-order chi connectivity index (χ1) is 10.9. The minimum Gasteiger partial charge on any atom is -0.469 e. The van der Waals surface area contributed by atoms with Crippen molar-refractivity contribution in [2.75, 3.05) is 20.7 Å². The van der Waals surface area contributed by atoms with Crippen molar-refractivity contribution >= 4 is 11.9 Å². The molecular formula is C16H18FN3O3. The van der Waals surface area contributed by atoms with Gasteiger partial charge in [-0.15, -0.1) is 0 Å².